The van der Waals surface area contributed by atoms with E-state index in [0.29, 0.717) is 28.7 Å². The fourth-order valence-electron chi connectivity index (χ4n) is 3.87. The first-order valence-corrected chi connectivity index (χ1v) is 11.3. The van der Waals surface area contributed by atoms with Crippen molar-refractivity contribution in [2.24, 2.45) is 5.10 Å². The van der Waals surface area contributed by atoms with Crippen LogP contribution in [0, 0.1) is 5.82 Å². The summed E-state index contributed by atoms with van der Waals surface area (Å²) in [5.41, 5.74) is 4.07. The van der Waals surface area contributed by atoms with Crippen molar-refractivity contribution in [1.82, 2.24) is 5.01 Å². The molecule has 0 aliphatic carbocycles. The Kier molecular flexibility index (Phi) is 7.26. The van der Waals surface area contributed by atoms with Gasteiger partial charge in [-0.3, -0.25) is 4.79 Å². The van der Waals surface area contributed by atoms with Gasteiger partial charge in [-0.25, -0.2) is 9.40 Å². The Balaban J connectivity index is 1.47. The molecule has 0 bridgehead atoms. The maximum absolute atomic E-state index is 13.1. The van der Waals surface area contributed by atoms with Gasteiger partial charge in [-0.15, -0.1) is 0 Å². The molecule has 0 saturated heterocycles. The molecule has 3 aromatic carbocycles. The molecule has 0 radical (unpaired) electrons. The molecule has 9 heteroatoms. The Morgan fingerprint density at radius 1 is 0.971 bits per heavy atom. The molecule has 1 atom stereocenters. The van der Waals surface area contributed by atoms with Gasteiger partial charge in [0.25, 0.3) is 0 Å². The summed E-state index contributed by atoms with van der Waals surface area (Å²) in [4.78, 5) is 12.4. The number of halogens is 1. The number of benzene rings is 3. The first kappa shape index (κ1) is 24.2. The predicted molar refractivity (Wildman–Crippen MR) is 139 cm³/mol. The van der Waals surface area contributed by atoms with Gasteiger partial charge in [0.15, 0.2) is 16.6 Å². The molecular formula is C26H25FN4O3S. The van der Waals surface area contributed by atoms with E-state index >= 15 is 0 Å². The number of hydrogen-bond donors (Lipinski definition) is 2. The van der Waals surface area contributed by atoms with Crippen LogP contribution in [0.4, 0.5) is 15.8 Å². The Morgan fingerprint density at radius 2 is 1.57 bits per heavy atom. The summed E-state index contributed by atoms with van der Waals surface area (Å²) < 4.78 is 23.8. The Labute approximate surface area is 208 Å². The van der Waals surface area contributed by atoms with Crippen molar-refractivity contribution in [2.75, 3.05) is 24.9 Å². The number of thiocarbonyl (C=S) groups is 1. The lowest BCUT2D eigenvalue weighted by atomic mass is 9.98. The van der Waals surface area contributed by atoms with Crippen LogP contribution in [0.3, 0.4) is 0 Å². The highest BCUT2D eigenvalue weighted by Crippen LogP contribution is 2.35. The molecule has 180 valence electrons. The van der Waals surface area contributed by atoms with Crippen LogP contribution in [0.1, 0.15) is 30.5 Å². The third kappa shape index (κ3) is 5.58. The summed E-state index contributed by atoms with van der Waals surface area (Å²) in [5.74, 6) is 0.781. The second kappa shape index (κ2) is 10.5. The van der Waals surface area contributed by atoms with E-state index in [1.807, 2.05) is 42.5 Å². The number of carbonyl (C=O) groups excluding carboxylic acids is 1. The highest BCUT2D eigenvalue weighted by Gasteiger charge is 2.31. The fourth-order valence-corrected chi connectivity index (χ4v) is 4.10. The molecule has 0 fully saturated rings. The smallest absolute Gasteiger partial charge is 0.240 e. The number of hydrazone groups is 1. The number of amides is 1. The van der Waals surface area contributed by atoms with Crippen molar-refractivity contribution in [3.05, 3.63) is 83.7 Å². The average molecular weight is 493 g/mol. The van der Waals surface area contributed by atoms with Crippen LogP contribution in [0.15, 0.2) is 71.8 Å². The van der Waals surface area contributed by atoms with E-state index in [2.05, 4.69) is 15.7 Å². The topological polar surface area (TPSA) is 75.2 Å². The second-order valence-electron chi connectivity index (χ2n) is 7.91. The lowest BCUT2D eigenvalue weighted by Gasteiger charge is -2.21. The van der Waals surface area contributed by atoms with Gasteiger partial charge in [-0.2, -0.15) is 5.10 Å². The molecule has 0 aromatic heterocycles. The third-order valence-corrected chi connectivity index (χ3v) is 5.81. The first-order chi connectivity index (χ1) is 16.9. The van der Waals surface area contributed by atoms with Gasteiger partial charge in [0.2, 0.25) is 5.91 Å². The summed E-state index contributed by atoms with van der Waals surface area (Å²) in [6, 6.07) is 19.0. The van der Waals surface area contributed by atoms with E-state index in [0.717, 1.165) is 22.5 Å². The maximum atomic E-state index is 13.1. The normalized spacial score (nSPS) is 14.8. The summed E-state index contributed by atoms with van der Waals surface area (Å²) >= 11 is 5.35. The van der Waals surface area contributed by atoms with Crippen molar-refractivity contribution < 1.29 is 18.7 Å². The molecule has 2 N–H and O–H groups in total. The Morgan fingerprint density at radius 3 is 2.14 bits per heavy atom. The number of nitrogens with zero attached hydrogens (tertiary/aromatic N) is 2. The van der Waals surface area contributed by atoms with Crippen LogP contribution in [0.5, 0.6) is 11.5 Å². The number of carbonyl (C=O) groups is 1. The molecule has 0 spiro atoms. The molecule has 35 heavy (non-hydrogen) atoms. The van der Waals surface area contributed by atoms with Crippen molar-refractivity contribution >= 4 is 40.3 Å². The quantitative estimate of drug-likeness (QED) is 0.452. The first-order valence-electron chi connectivity index (χ1n) is 10.9. The number of rotatable bonds is 6. The third-order valence-electron chi connectivity index (χ3n) is 5.61. The van der Waals surface area contributed by atoms with E-state index < -0.39 is 0 Å². The molecule has 1 unspecified atom stereocenters. The summed E-state index contributed by atoms with van der Waals surface area (Å²) in [6.07, 6.45) is 0.562. The number of methoxy groups -OCH3 is 2. The van der Waals surface area contributed by atoms with Crippen molar-refractivity contribution in [3.63, 3.8) is 0 Å². The van der Waals surface area contributed by atoms with Crippen molar-refractivity contribution in [3.8, 4) is 11.5 Å². The monoisotopic (exact) mass is 492 g/mol. The van der Waals surface area contributed by atoms with E-state index in [-0.39, 0.29) is 17.8 Å². The minimum Gasteiger partial charge on any atom is -0.493 e. The number of ether oxygens (including phenoxy) is 2. The zero-order valence-electron chi connectivity index (χ0n) is 19.5. The zero-order valence-corrected chi connectivity index (χ0v) is 20.4. The lowest BCUT2D eigenvalue weighted by molar-refractivity contribution is -0.130. The summed E-state index contributed by atoms with van der Waals surface area (Å²) in [5, 5.41) is 12.6. The van der Waals surface area contributed by atoms with Crippen molar-refractivity contribution in [1.29, 1.82) is 0 Å². The van der Waals surface area contributed by atoms with Gasteiger partial charge in [0.1, 0.15) is 5.82 Å². The molecular weight excluding hydrogens is 467 g/mol. The largest absolute Gasteiger partial charge is 0.493 e. The van der Waals surface area contributed by atoms with Crippen LogP contribution in [-0.2, 0) is 4.79 Å². The number of nitrogens with one attached hydrogen (secondary N) is 2. The zero-order chi connectivity index (χ0) is 24.9. The fraction of sp³-hybridized carbons (Fsp3) is 0.192. The lowest BCUT2D eigenvalue weighted by Crippen LogP contribution is -2.24. The second-order valence-corrected chi connectivity index (χ2v) is 8.32. The Hall–Kier alpha value is -3.98. The van der Waals surface area contributed by atoms with Gasteiger partial charge >= 0.3 is 0 Å². The molecule has 1 amide bonds. The van der Waals surface area contributed by atoms with Crippen LogP contribution in [0.25, 0.3) is 0 Å². The van der Waals surface area contributed by atoms with Gasteiger partial charge in [0, 0.05) is 30.3 Å². The number of hydrogen-bond acceptors (Lipinski definition) is 5. The summed E-state index contributed by atoms with van der Waals surface area (Å²) in [6.45, 7) is 1.50. The summed E-state index contributed by atoms with van der Waals surface area (Å²) in [7, 11) is 3.17. The van der Waals surface area contributed by atoms with Gasteiger partial charge in [-0.05, 0) is 72.4 Å². The van der Waals surface area contributed by atoms with Crippen LogP contribution >= 0.6 is 12.2 Å². The molecule has 1 heterocycles. The SMILES string of the molecule is COc1ccc(C2=NN(C(C)=O)C(c3ccc(NC(=S)Nc4ccc(F)cc4)cc3)C2)cc1OC. The Bertz CT molecular complexity index is 1260. The molecule has 0 saturated carbocycles. The van der Waals surface area contributed by atoms with Gasteiger partial charge in [-0.1, -0.05) is 12.1 Å². The van der Waals surface area contributed by atoms with Gasteiger partial charge in [0.05, 0.1) is 26.0 Å². The van der Waals surface area contributed by atoms with E-state index in [4.69, 9.17) is 21.7 Å². The minimum atomic E-state index is -0.310. The molecule has 3 aromatic rings. The molecule has 4 rings (SSSR count). The van der Waals surface area contributed by atoms with Crippen LogP contribution in [0.2, 0.25) is 0 Å². The van der Waals surface area contributed by atoms with Crippen LogP contribution in [-0.4, -0.2) is 36.0 Å². The van der Waals surface area contributed by atoms with E-state index in [9.17, 15) is 9.18 Å². The molecule has 1 aliphatic heterocycles. The molecule has 7 nitrogen and oxygen atoms in total. The predicted octanol–water partition coefficient (Wildman–Crippen LogP) is 5.35. The number of anilines is 2. The van der Waals surface area contributed by atoms with Gasteiger partial charge < -0.3 is 20.1 Å². The minimum absolute atomic E-state index is 0.141. The highest BCUT2D eigenvalue weighted by atomic mass is 32.1. The highest BCUT2D eigenvalue weighted by molar-refractivity contribution is 7.80. The molecule has 1 aliphatic rings. The van der Waals surface area contributed by atoms with E-state index in [1.54, 1.807) is 26.4 Å². The standard InChI is InChI=1S/C26H25FN4O3S/c1-16(32)31-23(15-22(30-31)18-6-13-24(33-2)25(14-18)34-3)17-4-9-20(10-5-17)28-26(35)29-21-11-7-19(27)8-12-21/h4-14,23H,15H2,1-3H3,(H2,28,29,35). The van der Waals surface area contributed by atoms with E-state index in [1.165, 1.54) is 24.1 Å². The van der Waals surface area contributed by atoms with Crippen LogP contribution < -0.4 is 20.1 Å². The average Bonchev–Trinajstić information content (AvgIpc) is 3.31. The maximum Gasteiger partial charge on any atom is 0.240 e. The van der Waals surface area contributed by atoms with Crippen molar-refractivity contribution in [2.45, 2.75) is 19.4 Å².